The van der Waals surface area contributed by atoms with E-state index in [0.717, 1.165) is 11.1 Å². The van der Waals surface area contributed by atoms with Crippen molar-refractivity contribution in [2.45, 2.75) is 19.4 Å². The maximum Gasteiger partial charge on any atom is 0.255 e. The van der Waals surface area contributed by atoms with Crippen molar-refractivity contribution in [1.29, 1.82) is 0 Å². The number of phenols is 1. The van der Waals surface area contributed by atoms with E-state index in [9.17, 15) is 15.0 Å². The Balaban J connectivity index is 2.20. The van der Waals surface area contributed by atoms with Gasteiger partial charge in [-0.25, -0.2) is 0 Å². The minimum Gasteiger partial charge on any atom is -0.507 e. The van der Waals surface area contributed by atoms with Crippen molar-refractivity contribution >= 4 is 5.91 Å². The standard InChI is InChI=1S/C17H19NO3/c1-12-7-8-16(20)14(11-12)17(21)18-15(9-10-19)13-5-3-2-4-6-13/h2-8,11,15,19-20H,9-10H2,1H3,(H,18,21). The van der Waals surface area contributed by atoms with Crippen LogP contribution in [-0.4, -0.2) is 22.7 Å². The molecule has 0 aromatic heterocycles. The summed E-state index contributed by atoms with van der Waals surface area (Å²) in [5.74, 6) is -0.396. The number of rotatable bonds is 5. The number of aliphatic hydroxyl groups is 1. The summed E-state index contributed by atoms with van der Waals surface area (Å²) in [7, 11) is 0. The highest BCUT2D eigenvalue weighted by Crippen LogP contribution is 2.21. The Morgan fingerprint density at radius 3 is 2.57 bits per heavy atom. The van der Waals surface area contributed by atoms with Gasteiger partial charge < -0.3 is 15.5 Å². The second-order valence-corrected chi connectivity index (χ2v) is 4.97. The van der Waals surface area contributed by atoms with E-state index in [1.54, 1.807) is 12.1 Å². The van der Waals surface area contributed by atoms with Gasteiger partial charge in [-0.15, -0.1) is 0 Å². The number of amides is 1. The third-order valence-corrected chi connectivity index (χ3v) is 3.32. The average molecular weight is 285 g/mol. The maximum absolute atomic E-state index is 12.3. The van der Waals surface area contributed by atoms with E-state index in [1.807, 2.05) is 37.3 Å². The molecule has 21 heavy (non-hydrogen) atoms. The fourth-order valence-corrected chi connectivity index (χ4v) is 2.20. The van der Waals surface area contributed by atoms with Gasteiger partial charge in [0, 0.05) is 6.61 Å². The van der Waals surface area contributed by atoms with Crippen molar-refractivity contribution in [3.63, 3.8) is 0 Å². The van der Waals surface area contributed by atoms with E-state index < -0.39 is 0 Å². The molecule has 1 amide bonds. The topological polar surface area (TPSA) is 69.6 Å². The second kappa shape index (κ2) is 6.90. The van der Waals surface area contributed by atoms with Crippen molar-refractivity contribution in [2.75, 3.05) is 6.61 Å². The lowest BCUT2D eigenvalue weighted by Crippen LogP contribution is -2.29. The third kappa shape index (κ3) is 3.83. The third-order valence-electron chi connectivity index (χ3n) is 3.32. The molecule has 4 heteroatoms. The lowest BCUT2D eigenvalue weighted by atomic mass is 10.0. The molecule has 110 valence electrons. The molecule has 2 aromatic carbocycles. The smallest absolute Gasteiger partial charge is 0.255 e. The summed E-state index contributed by atoms with van der Waals surface area (Å²) in [5, 5.41) is 21.8. The largest absolute Gasteiger partial charge is 0.507 e. The first-order valence-electron chi connectivity index (χ1n) is 6.88. The van der Waals surface area contributed by atoms with Crippen LogP contribution in [0.4, 0.5) is 0 Å². The van der Waals surface area contributed by atoms with Gasteiger partial charge in [0.2, 0.25) is 0 Å². The van der Waals surface area contributed by atoms with Gasteiger partial charge in [0.05, 0.1) is 11.6 Å². The molecule has 1 atom stereocenters. The van der Waals surface area contributed by atoms with Crippen LogP contribution in [-0.2, 0) is 0 Å². The summed E-state index contributed by atoms with van der Waals surface area (Å²) >= 11 is 0. The molecule has 0 fully saturated rings. The van der Waals surface area contributed by atoms with E-state index in [1.165, 1.54) is 6.07 Å². The summed E-state index contributed by atoms with van der Waals surface area (Å²) in [5.41, 5.74) is 2.07. The van der Waals surface area contributed by atoms with E-state index >= 15 is 0 Å². The van der Waals surface area contributed by atoms with Crippen LogP contribution in [0.2, 0.25) is 0 Å². The number of benzene rings is 2. The number of nitrogens with one attached hydrogen (secondary N) is 1. The maximum atomic E-state index is 12.3. The fourth-order valence-electron chi connectivity index (χ4n) is 2.20. The summed E-state index contributed by atoms with van der Waals surface area (Å²) in [6, 6.07) is 14.1. The highest BCUT2D eigenvalue weighted by Gasteiger charge is 2.17. The highest BCUT2D eigenvalue weighted by molar-refractivity contribution is 5.97. The minimum absolute atomic E-state index is 0.0281. The van der Waals surface area contributed by atoms with E-state index in [-0.39, 0.29) is 29.9 Å². The van der Waals surface area contributed by atoms with E-state index in [4.69, 9.17) is 0 Å². The molecule has 4 nitrogen and oxygen atoms in total. The van der Waals surface area contributed by atoms with Gasteiger partial charge >= 0.3 is 0 Å². The van der Waals surface area contributed by atoms with Crippen LogP contribution in [0.5, 0.6) is 5.75 Å². The Morgan fingerprint density at radius 2 is 1.90 bits per heavy atom. The zero-order valence-electron chi connectivity index (χ0n) is 11.9. The molecule has 0 aliphatic heterocycles. The number of hydrogen-bond donors (Lipinski definition) is 3. The highest BCUT2D eigenvalue weighted by atomic mass is 16.3. The molecule has 0 aliphatic carbocycles. The van der Waals surface area contributed by atoms with Crippen molar-refractivity contribution in [2.24, 2.45) is 0 Å². The van der Waals surface area contributed by atoms with Crippen LogP contribution in [0.25, 0.3) is 0 Å². The Morgan fingerprint density at radius 1 is 1.19 bits per heavy atom. The molecule has 1 unspecified atom stereocenters. The predicted molar refractivity (Wildman–Crippen MR) is 81.2 cm³/mol. The average Bonchev–Trinajstić information content (AvgIpc) is 2.50. The van der Waals surface area contributed by atoms with Crippen LogP contribution in [0.1, 0.15) is 33.9 Å². The minimum atomic E-state index is -0.349. The molecule has 0 bridgehead atoms. The lowest BCUT2D eigenvalue weighted by molar-refractivity contribution is 0.0927. The molecular formula is C17H19NO3. The SMILES string of the molecule is Cc1ccc(O)c(C(=O)NC(CCO)c2ccccc2)c1. The Kier molecular flexibility index (Phi) is 4.95. The first-order valence-corrected chi connectivity index (χ1v) is 6.88. The van der Waals surface area contributed by atoms with E-state index in [2.05, 4.69) is 5.32 Å². The summed E-state index contributed by atoms with van der Waals surface area (Å²) < 4.78 is 0. The molecule has 0 radical (unpaired) electrons. The summed E-state index contributed by atoms with van der Waals surface area (Å²) in [6.07, 6.45) is 0.419. The molecule has 2 rings (SSSR count). The summed E-state index contributed by atoms with van der Waals surface area (Å²) in [4.78, 5) is 12.3. The quantitative estimate of drug-likeness (QED) is 0.790. The van der Waals surface area contributed by atoms with E-state index in [0.29, 0.717) is 6.42 Å². The predicted octanol–water partition coefficient (Wildman–Crippen LogP) is 2.55. The normalized spacial score (nSPS) is 11.9. The van der Waals surface area contributed by atoms with Crippen molar-refractivity contribution in [3.8, 4) is 5.75 Å². The molecule has 0 heterocycles. The van der Waals surface area contributed by atoms with Gasteiger partial charge in [0.15, 0.2) is 0 Å². The number of carbonyl (C=O) groups excluding carboxylic acids is 1. The van der Waals surface area contributed by atoms with Crippen LogP contribution in [0.15, 0.2) is 48.5 Å². The molecule has 0 saturated carbocycles. The van der Waals surface area contributed by atoms with Crippen molar-refractivity contribution < 1.29 is 15.0 Å². The summed E-state index contributed by atoms with van der Waals surface area (Å²) in [6.45, 7) is 1.83. The number of phenolic OH excluding ortho intramolecular Hbond substituents is 1. The first-order chi connectivity index (χ1) is 10.1. The Bertz CT molecular complexity index is 611. The molecule has 0 aliphatic rings. The van der Waals surface area contributed by atoms with Crippen LogP contribution in [0, 0.1) is 6.92 Å². The van der Waals surface area contributed by atoms with Crippen LogP contribution < -0.4 is 5.32 Å². The molecular weight excluding hydrogens is 266 g/mol. The number of aryl methyl sites for hydroxylation is 1. The Hall–Kier alpha value is -2.33. The molecule has 3 N–H and O–H groups in total. The van der Waals surface area contributed by atoms with Gasteiger partial charge in [0.1, 0.15) is 5.75 Å². The number of hydrogen-bond acceptors (Lipinski definition) is 3. The lowest BCUT2D eigenvalue weighted by Gasteiger charge is -2.19. The molecule has 0 saturated heterocycles. The van der Waals surface area contributed by atoms with Crippen molar-refractivity contribution in [1.82, 2.24) is 5.32 Å². The zero-order chi connectivity index (χ0) is 15.2. The zero-order valence-corrected chi connectivity index (χ0v) is 11.9. The fraction of sp³-hybridized carbons (Fsp3) is 0.235. The van der Waals surface area contributed by atoms with Gasteiger partial charge in [-0.2, -0.15) is 0 Å². The van der Waals surface area contributed by atoms with Gasteiger partial charge in [-0.05, 0) is 31.0 Å². The monoisotopic (exact) mass is 285 g/mol. The van der Waals surface area contributed by atoms with Crippen LogP contribution >= 0.6 is 0 Å². The van der Waals surface area contributed by atoms with Gasteiger partial charge in [0.25, 0.3) is 5.91 Å². The number of aromatic hydroxyl groups is 1. The van der Waals surface area contributed by atoms with Gasteiger partial charge in [-0.1, -0.05) is 42.0 Å². The molecule has 2 aromatic rings. The van der Waals surface area contributed by atoms with Crippen LogP contribution in [0.3, 0.4) is 0 Å². The number of carbonyl (C=O) groups is 1. The first kappa shape index (κ1) is 15.1. The Labute approximate surface area is 124 Å². The second-order valence-electron chi connectivity index (χ2n) is 4.97. The molecule has 0 spiro atoms. The van der Waals surface area contributed by atoms with Crippen molar-refractivity contribution in [3.05, 3.63) is 65.2 Å². The number of aliphatic hydroxyl groups excluding tert-OH is 1. The van der Waals surface area contributed by atoms with Gasteiger partial charge in [-0.3, -0.25) is 4.79 Å².